The molecule has 0 amide bonds. The van der Waals surface area contributed by atoms with E-state index >= 15 is 0 Å². The Morgan fingerprint density at radius 1 is 1.11 bits per heavy atom. The zero-order valence-corrected chi connectivity index (χ0v) is 16.5. The van der Waals surface area contributed by atoms with Crippen molar-refractivity contribution in [3.63, 3.8) is 0 Å². The van der Waals surface area contributed by atoms with Crippen LogP contribution in [-0.2, 0) is 4.74 Å². The minimum atomic E-state index is -0.532. The largest absolute Gasteiger partial charge is 0.453 e. The number of carbonyl (C=O) groups is 2. The zero-order chi connectivity index (χ0) is 19.7. The lowest BCUT2D eigenvalue weighted by Gasteiger charge is -2.04. The number of Topliss-reactive ketones (excluding diaryl/α,β-unsaturated/α-hetero) is 1. The van der Waals surface area contributed by atoms with Crippen LogP contribution in [0.15, 0.2) is 60.7 Å². The van der Waals surface area contributed by atoms with Crippen LogP contribution in [0.2, 0.25) is 5.02 Å². The van der Waals surface area contributed by atoms with Crippen molar-refractivity contribution in [3.05, 3.63) is 81.8 Å². The number of para-hydroxylation sites is 1. The quantitative estimate of drug-likeness (QED) is 0.339. The molecule has 0 unspecified atom stereocenters. The molecule has 0 radical (unpaired) electrons. The van der Waals surface area contributed by atoms with E-state index in [0.717, 1.165) is 21.6 Å². The van der Waals surface area contributed by atoms with Gasteiger partial charge in [-0.1, -0.05) is 54.1 Å². The van der Waals surface area contributed by atoms with Crippen LogP contribution < -0.4 is 0 Å². The fraction of sp³-hybridized carbons (Fsp3) is 0.0952. The van der Waals surface area contributed by atoms with Crippen molar-refractivity contribution in [1.82, 2.24) is 9.78 Å². The van der Waals surface area contributed by atoms with E-state index in [1.54, 1.807) is 41.1 Å². The highest BCUT2D eigenvalue weighted by Gasteiger charge is 2.20. The van der Waals surface area contributed by atoms with Crippen LogP contribution >= 0.6 is 22.9 Å². The van der Waals surface area contributed by atoms with Crippen LogP contribution in [0.1, 0.15) is 25.7 Å². The number of carbonyl (C=O) groups excluding carboxylic acids is 2. The summed E-state index contributed by atoms with van der Waals surface area (Å²) in [6, 6.07) is 17.9. The van der Waals surface area contributed by atoms with E-state index in [1.165, 1.54) is 11.3 Å². The number of ketones is 1. The van der Waals surface area contributed by atoms with Gasteiger partial charge >= 0.3 is 5.97 Å². The normalized spacial score (nSPS) is 10.9. The Hall–Kier alpha value is -2.96. The number of thiophene rings is 1. The summed E-state index contributed by atoms with van der Waals surface area (Å²) in [6.07, 6.45) is 0. The second kappa shape index (κ2) is 7.58. The van der Waals surface area contributed by atoms with Crippen LogP contribution in [0.3, 0.4) is 0 Å². The maximum absolute atomic E-state index is 12.5. The van der Waals surface area contributed by atoms with Gasteiger partial charge in [0.25, 0.3) is 0 Å². The summed E-state index contributed by atoms with van der Waals surface area (Å²) in [4.78, 5) is 25.8. The van der Waals surface area contributed by atoms with Gasteiger partial charge in [0, 0.05) is 10.9 Å². The maximum Gasteiger partial charge on any atom is 0.348 e. The molecular weight excluding hydrogens is 396 g/mol. The molecular formula is C21H15ClN2O3S. The number of hydrogen-bond donors (Lipinski definition) is 0. The molecule has 4 aromatic rings. The third kappa shape index (κ3) is 3.44. The Morgan fingerprint density at radius 3 is 2.57 bits per heavy atom. The lowest BCUT2D eigenvalue weighted by atomic mass is 10.1. The smallest absolute Gasteiger partial charge is 0.348 e. The molecule has 2 aromatic carbocycles. The van der Waals surface area contributed by atoms with E-state index in [1.807, 2.05) is 31.2 Å². The van der Waals surface area contributed by atoms with Crippen LogP contribution in [0, 0.1) is 6.92 Å². The van der Waals surface area contributed by atoms with Crippen molar-refractivity contribution in [2.45, 2.75) is 6.92 Å². The Labute approximate surface area is 170 Å². The summed E-state index contributed by atoms with van der Waals surface area (Å²) in [6.45, 7) is 1.57. The number of aromatic nitrogens is 2. The van der Waals surface area contributed by atoms with E-state index in [4.69, 9.17) is 16.3 Å². The molecule has 0 atom stereocenters. The first-order chi connectivity index (χ1) is 13.5. The van der Waals surface area contributed by atoms with Crippen molar-refractivity contribution in [2.24, 2.45) is 0 Å². The number of aryl methyl sites for hydroxylation is 1. The number of benzene rings is 2. The van der Waals surface area contributed by atoms with Crippen LogP contribution in [-0.4, -0.2) is 28.1 Å². The van der Waals surface area contributed by atoms with E-state index < -0.39 is 5.97 Å². The number of nitrogens with zero attached hydrogens (tertiary/aromatic N) is 2. The van der Waals surface area contributed by atoms with Gasteiger partial charge in [0.1, 0.15) is 9.71 Å². The summed E-state index contributed by atoms with van der Waals surface area (Å²) in [5.41, 5.74) is 2.03. The molecule has 5 nitrogen and oxygen atoms in total. The third-order valence-electron chi connectivity index (χ3n) is 4.26. The molecule has 0 spiro atoms. The van der Waals surface area contributed by atoms with Crippen LogP contribution in [0.25, 0.3) is 15.9 Å². The van der Waals surface area contributed by atoms with Crippen molar-refractivity contribution in [3.8, 4) is 5.69 Å². The summed E-state index contributed by atoms with van der Waals surface area (Å²) >= 11 is 7.56. The number of rotatable bonds is 5. The monoisotopic (exact) mass is 410 g/mol. The van der Waals surface area contributed by atoms with Crippen molar-refractivity contribution >= 4 is 44.9 Å². The van der Waals surface area contributed by atoms with Gasteiger partial charge in [-0.2, -0.15) is 5.10 Å². The van der Waals surface area contributed by atoms with Gasteiger partial charge in [0.2, 0.25) is 0 Å². The molecule has 0 aliphatic rings. The number of halogens is 1. The molecule has 0 saturated carbocycles. The molecule has 140 valence electrons. The summed E-state index contributed by atoms with van der Waals surface area (Å²) < 4.78 is 6.94. The summed E-state index contributed by atoms with van der Waals surface area (Å²) in [5, 5.41) is 5.95. The molecule has 7 heteroatoms. The van der Waals surface area contributed by atoms with Gasteiger partial charge in [-0.15, -0.1) is 11.3 Å². The number of esters is 1. The molecule has 2 aromatic heterocycles. The lowest BCUT2D eigenvalue weighted by Crippen LogP contribution is -2.13. The van der Waals surface area contributed by atoms with Gasteiger partial charge in [0.05, 0.1) is 16.4 Å². The average molecular weight is 411 g/mol. The molecule has 0 bridgehead atoms. The fourth-order valence-corrected chi connectivity index (χ4v) is 4.13. The van der Waals surface area contributed by atoms with E-state index in [2.05, 4.69) is 5.10 Å². The summed E-state index contributed by atoms with van der Waals surface area (Å²) in [7, 11) is 0. The van der Waals surface area contributed by atoms with Gasteiger partial charge in [-0.3, -0.25) is 4.79 Å². The molecule has 0 saturated heterocycles. The van der Waals surface area contributed by atoms with Crippen molar-refractivity contribution < 1.29 is 14.3 Å². The van der Waals surface area contributed by atoms with Gasteiger partial charge in [0.15, 0.2) is 12.4 Å². The molecule has 0 aliphatic heterocycles. The zero-order valence-electron chi connectivity index (χ0n) is 14.9. The summed E-state index contributed by atoms with van der Waals surface area (Å²) in [5.74, 6) is -0.774. The molecule has 0 aliphatic carbocycles. The molecule has 4 rings (SSSR count). The Morgan fingerprint density at radius 2 is 1.82 bits per heavy atom. The number of ether oxygens (including phenoxy) is 1. The highest BCUT2D eigenvalue weighted by Crippen LogP contribution is 2.32. The molecule has 28 heavy (non-hydrogen) atoms. The first-order valence-corrected chi connectivity index (χ1v) is 9.73. The topological polar surface area (TPSA) is 61.2 Å². The minimum absolute atomic E-state index is 0.242. The van der Waals surface area contributed by atoms with E-state index in [9.17, 15) is 9.59 Å². The lowest BCUT2D eigenvalue weighted by molar-refractivity contribution is 0.0479. The standard InChI is InChI=1S/C21H15ClN2O3S/c1-13-15-11-19(21(26)27-12-18(25)14-7-3-2-4-8-14)28-20(15)24(23-13)17-10-6-5-9-16(17)22/h2-11H,12H2,1H3. The Kier molecular flexibility index (Phi) is 4.98. The van der Waals surface area contributed by atoms with Gasteiger partial charge < -0.3 is 4.74 Å². The van der Waals surface area contributed by atoms with Gasteiger partial charge in [-0.25, -0.2) is 9.48 Å². The third-order valence-corrected chi connectivity index (χ3v) is 5.67. The first-order valence-electron chi connectivity index (χ1n) is 8.54. The predicted octanol–water partition coefficient (Wildman–Crippen LogP) is 5.09. The number of fused-ring (bicyclic) bond motifs is 1. The van der Waals surface area contributed by atoms with Crippen LogP contribution in [0.4, 0.5) is 0 Å². The van der Waals surface area contributed by atoms with Gasteiger partial charge in [-0.05, 0) is 25.1 Å². The molecule has 2 heterocycles. The van der Waals surface area contributed by atoms with Crippen molar-refractivity contribution in [1.29, 1.82) is 0 Å². The molecule has 0 fully saturated rings. The van der Waals surface area contributed by atoms with E-state index in [-0.39, 0.29) is 12.4 Å². The Bertz CT molecular complexity index is 1180. The minimum Gasteiger partial charge on any atom is -0.453 e. The fourth-order valence-electron chi connectivity index (χ4n) is 2.84. The second-order valence-corrected chi connectivity index (χ2v) is 7.58. The number of hydrogen-bond acceptors (Lipinski definition) is 5. The SMILES string of the molecule is Cc1nn(-c2ccccc2Cl)c2sc(C(=O)OCC(=O)c3ccccc3)cc12. The van der Waals surface area contributed by atoms with E-state index in [0.29, 0.717) is 15.5 Å². The first kappa shape index (κ1) is 18.4. The second-order valence-electron chi connectivity index (χ2n) is 6.14. The molecule has 0 N–H and O–H groups in total. The van der Waals surface area contributed by atoms with Crippen molar-refractivity contribution in [2.75, 3.05) is 6.61 Å². The van der Waals surface area contributed by atoms with Crippen LogP contribution in [0.5, 0.6) is 0 Å². The highest BCUT2D eigenvalue weighted by molar-refractivity contribution is 7.20. The maximum atomic E-state index is 12.5. The average Bonchev–Trinajstić information content (AvgIpc) is 3.28. The Balaban J connectivity index is 1.58. The predicted molar refractivity (Wildman–Crippen MR) is 110 cm³/mol. The highest BCUT2D eigenvalue weighted by atomic mass is 35.5.